The van der Waals surface area contributed by atoms with E-state index in [-0.39, 0.29) is 11.3 Å². The molecular formula is C10H8F3IO4. The molecule has 8 heteroatoms. The molecule has 0 fully saturated rings. The van der Waals surface area contributed by atoms with E-state index < -0.39 is 25.5 Å². The Kier molecular flexibility index (Phi) is 5.20. The molecule has 0 heterocycles. The van der Waals surface area contributed by atoms with Crippen molar-refractivity contribution in [2.75, 3.05) is 13.4 Å². The summed E-state index contributed by atoms with van der Waals surface area (Å²) in [6, 6.07) is 4.08. The average Bonchev–Trinajstić information content (AvgIpc) is 2.24. The van der Waals surface area contributed by atoms with Crippen LogP contribution >= 0.6 is 22.6 Å². The number of benzene rings is 1. The van der Waals surface area contributed by atoms with Crippen LogP contribution < -0.4 is 4.74 Å². The monoisotopic (exact) mass is 376 g/mol. The molecule has 0 atom stereocenters. The molecule has 1 aromatic carbocycles. The first-order valence-electron chi connectivity index (χ1n) is 4.60. The van der Waals surface area contributed by atoms with Crippen molar-refractivity contribution in [2.24, 2.45) is 0 Å². The van der Waals surface area contributed by atoms with E-state index in [0.717, 1.165) is 0 Å². The molecule has 0 radical (unpaired) electrons. The van der Waals surface area contributed by atoms with Crippen LogP contribution in [0.2, 0.25) is 0 Å². The summed E-state index contributed by atoms with van der Waals surface area (Å²) in [5.74, 6) is -0.981. The van der Waals surface area contributed by atoms with Crippen LogP contribution in [-0.2, 0) is 4.74 Å². The lowest BCUT2D eigenvalue weighted by atomic mass is 10.2. The van der Waals surface area contributed by atoms with Gasteiger partial charge in [0.15, 0.2) is 6.79 Å². The van der Waals surface area contributed by atoms with E-state index >= 15 is 0 Å². The Balaban J connectivity index is 2.56. The van der Waals surface area contributed by atoms with Gasteiger partial charge in [-0.3, -0.25) is 0 Å². The van der Waals surface area contributed by atoms with Gasteiger partial charge >= 0.3 is 12.1 Å². The summed E-state index contributed by atoms with van der Waals surface area (Å²) in [5.41, 5.74) is -0.0127. The average molecular weight is 376 g/mol. The van der Waals surface area contributed by atoms with Crippen LogP contribution in [0, 0.1) is 3.57 Å². The number of carboxylic acid groups (broad SMARTS) is 1. The number of ether oxygens (including phenoxy) is 2. The van der Waals surface area contributed by atoms with E-state index in [9.17, 15) is 18.0 Å². The Hall–Kier alpha value is -1.03. The second-order valence-electron chi connectivity index (χ2n) is 3.18. The highest BCUT2D eigenvalue weighted by molar-refractivity contribution is 14.1. The minimum Gasteiger partial charge on any atom is -0.478 e. The number of halogens is 4. The van der Waals surface area contributed by atoms with Gasteiger partial charge in [0.1, 0.15) is 12.4 Å². The molecule has 0 saturated carbocycles. The van der Waals surface area contributed by atoms with Crippen LogP contribution in [-0.4, -0.2) is 30.7 Å². The van der Waals surface area contributed by atoms with Gasteiger partial charge in [-0.05, 0) is 40.8 Å². The molecule has 0 amide bonds. The molecule has 4 nitrogen and oxygen atoms in total. The van der Waals surface area contributed by atoms with Crippen molar-refractivity contribution in [3.63, 3.8) is 0 Å². The quantitative estimate of drug-likeness (QED) is 0.488. The van der Waals surface area contributed by atoms with Gasteiger partial charge in [-0.25, -0.2) is 4.79 Å². The molecule has 0 bridgehead atoms. The number of carboxylic acids is 1. The largest absolute Gasteiger partial charge is 0.478 e. The summed E-state index contributed by atoms with van der Waals surface area (Å²) in [6.45, 7) is -2.01. The van der Waals surface area contributed by atoms with Crippen molar-refractivity contribution < 1.29 is 32.5 Å². The predicted molar refractivity (Wildman–Crippen MR) is 63.6 cm³/mol. The third-order valence-electron chi connectivity index (χ3n) is 1.74. The molecule has 0 aliphatic heterocycles. The topological polar surface area (TPSA) is 55.8 Å². The molecule has 0 saturated heterocycles. The Bertz CT molecular complexity index is 434. The van der Waals surface area contributed by atoms with E-state index in [4.69, 9.17) is 9.84 Å². The lowest BCUT2D eigenvalue weighted by molar-refractivity contribution is -0.186. The summed E-state index contributed by atoms with van der Waals surface area (Å²) < 4.78 is 45.1. The third-order valence-corrected chi connectivity index (χ3v) is 2.63. The maximum atomic E-state index is 11.8. The summed E-state index contributed by atoms with van der Waals surface area (Å²) in [7, 11) is 0. The molecule has 1 aromatic rings. The minimum atomic E-state index is -4.42. The zero-order valence-electron chi connectivity index (χ0n) is 8.83. The van der Waals surface area contributed by atoms with Gasteiger partial charge in [0.05, 0.1) is 9.13 Å². The zero-order valence-corrected chi connectivity index (χ0v) is 11.0. The summed E-state index contributed by atoms with van der Waals surface area (Å²) >= 11 is 1.87. The molecular weight excluding hydrogens is 368 g/mol. The van der Waals surface area contributed by atoms with Crippen LogP contribution in [0.1, 0.15) is 10.4 Å². The van der Waals surface area contributed by atoms with Crippen molar-refractivity contribution >= 4 is 28.6 Å². The molecule has 1 N–H and O–H groups in total. The van der Waals surface area contributed by atoms with Crippen molar-refractivity contribution in [1.29, 1.82) is 0 Å². The summed E-state index contributed by atoms with van der Waals surface area (Å²) in [5, 5.41) is 8.74. The Labute approximate surface area is 114 Å². The number of rotatable bonds is 5. The second-order valence-corrected chi connectivity index (χ2v) is 4.34. The summed E-state index contributed by atoms with van der Waals surface area (Å²) in [6.07, 6.45) is -4.42. The fourth-order valence-electron chi connectivity index (χ4n) is 1.01. The fraction of sp³-hybridized carbons (Fsp3) is 0.300. The maximum absolute atomic E-state index is 11.8. The Morgan fingerprint density at radius 3 is 2.61 bits per heavy atom. The van der Waals surface area contributed by atoms with E-state index in [1.807, 2.05) is 22.6 Å². The van der Waals surface area contributed by atoms with Crippen LogP contribution in [0.15, 0.2) is 18.2 Å². The van der Waals surface area contributed by atoms with Gasteiger partial charge < -0.3 is 14.6 Å². The van der Waals surface area contributed by atoms with Gasteiger partial charge in [-0.2, -0.15) is 13.2 Å². The SMILES string of the molecule is O=C(O)c1ccc(I)c(OCOCC(F)(F)F)c1. The number of alkyl halides is 3. The van der Waals surface area contributed by atoms with Crippen LogP contribution in [0.25, 0.3) is 0 Å². The van der Waals surface area contributed by atoms with Crippen molar-refractivity contribution in [3.05, 3.63) is 27.3 Å². The Morgan fingerprint density at radius 1 is 1.39 bits per heavy atom. The minimum absolute atomic E-state index is 0.0127. The lowest BCUT2D eigenvalue weighted by Crippen LogP contribution is -2.19. The van der Waals surface area contributed by atoms with Gasteiger partial charge in [0.25, 0.3) is 0 Å². The van der Waals surface area contributed by atoms with Gasteiger partial charge in [-0.1, -0.05) is 0 Å². The number of hydrogen-bond acceptors (Lipinski definition) is 3. The van der Waals surface area contributed by atoms with Gasteiger partial charge in [0, 0.05) is 0 Å². The maximum Gasteiger partial charge on any atom is 0.411 e. The Morgan fingerprint density at radius 2 is 2.06 bits per heavy atom. The molecule has 0 spiro atoms. The van der Waals surface area contributed by atoms with Crippen molar-refractivity contribution in [2.45, 2.75) is 6.18 Å². The first-order valence-corrected chi connectivity index (χ1v) is 5.67. The van der Waals surface area contributed by atoms with Crippen LogP contribution in [0.3, 0.4) is 0 Å². The first-order chi connectivity index (χ1) is 8.29. The molecule has 0 aromatic heterocycles. The van der Waals surface area contributed by atoms with Crippen LogP contribution in [0.5, 0.6) is 5.75 Å². The highest BCUT2D eigenvalue weighted by Crippen LogP contribution is 2.22. The molecule has 18 heavy (non-hydrogen) atoms. The molecule has 100 valence electrons. The van der Waals surface area contributed by atoms with Gasteiger partial charge in [-0.15, -0.1) is 0 Å². The molecule has 0 aliphatic carbocycles. The van der Waals surface area contributed by atoms with E-state index in [0.29, 0.717) is 3.57 Å². The fourth-order valence-corrected chi connectivity index (χ4v) is 1.50. The normalized spacial score (nSPS) is 11.3. The zero-order chi connectivity index (χ0) is 13.8. The van der Waals surface area contributed by atoms with E-state index in [1.54, 1.807) is 0 Å². The van der Waals surface area contributed by atoms with Crippen molar-refractivity contribution in [3.8, 4) is 5.75 Å². The van der Waals surface area contributed by atoms with Crippen molar-refractivity contribution in [1.82, 2.24) is 0 Å². The molecule has 0 aliphatic rings. The second kappa shape index (κ2) is 6.23. The number of carbonyl (C=O) groups is 1. The van der Waals surface area contributed by atoms with E-state index in [1.165, 1.54) is 18.2 Å². The van der Waals surface area contributed by atoms with Crippen LogP contribution in [0.4, 0.5) is 13.2 Å². The first kappa shape index (κ1) is 15.0. The lowest BCUT2D eigenvalue weighted by Gasteiger charge is -2.10. The third kappa shape index (κ3) is 5.08. The number of hydrogen-bond donors (Lipinski definition) is 1. The summed E-state index contributed by atoms with van der Waals surface area (Å²) in [4.78, 5) is 10.7. The highest BCUT2D eigenvalue weighted by atomic mass is 127. The smallest absolute Gasteiger partial charge is 0.411 e. The number of aromatic carboxylic acids is 1. The standard InChI is InChI=1S/C10H8F3IO4/c11-10(12,13)4-17-5-18-8-3-6(9(15)16)1-2-7(8)14/h1-3H,4-5H2,(H,15,16). The van der Waals surface area contributed by atoms with Gasteiger partial charge in [0.2, 0.25) is 0 Å². The van der Waals surface area contributed by atoms with E-state index in [2.05, 4.69) is 4.74 Å². The predicted octanol–water partition coefficient (Wildman–Crippen LogP) is 2.90. The highest BCUT2D eigenvalue weighted by Gasteiger charge is 2.27. The molecule has 1 rings (SSSR count). The molecule has 0 unspecified atom stereocenters.